The largest absolute Gasteiger partial charge is 0.0763 e. The Morgan fingerprint density at radius 3 is 1.02 bits per heavy atom. The lowest BCUT2D eigenvalue weighted by atomic mass is 9.85. The fourth-order valence-corrected chi connectivity index (χ4v) is 8.12. The maximum Gasteiger partial charge on any atom is -0.00268 e. The molecule has 0 heteroatoms. The van der Waals surface area contributed by atoms with Gasteiger partial charge in [-0.25, -0.2) is 0 Å². The van der Waals surface area contributed by atoms with Crippen LogP contribution in [0.5, 0.6) is 0 Å². The molecule has 8 aromatic rings. The zero-order chi connectivity index (χ0) is 38.4. The molecule has 0 atom stereocenters. The second-order valence-corrected chi connectivity index (χ2v) is 14.9. The third-order valence-electron chi connectivity index (χ3n) is 11.0. The number of rotatable bonds is 9. The van der Waals surface area contributed by atoms with Crippen LogP contribution in [0.25, 0.3) is 61.2 Å². The first kappa shape index (κ1) is 35.7. The third kappa shape index (κ3) is 7.90. The summed E-state index contributed by atoms with van der Waals surface area (Å²) < 4.78 is 0. The summed E-state index contributed by atoms with van der Waals surface area (Å²) in [6.45, 7) is 2.25. The molecule has 0 amide bonds. The molecule has 0 fully saturated rings. The molecule has 0 bridgehead atoms. The topological polar surface area (TPSA) is 0 Å². The highest BCUT2D eigenvalue weighted by Gasteiger charge is 2.17. The lowest BCUT2D eigenvalue weighted by Gasteiger charge is -2.19. The molecule has 0 radical (unpaired) electrons. The Balaban J connectivity index is 1.21. The summed E-state index contributed by atoms with van der Waals surface area (Å²) in [5.74, 6) is 0. The van der Waals surface area contributed by atoms with Gasteiger partial charge in [0.2, 0.25) is 0 Å². The van der Waals surface area contributed by atoms with Gasteiger partial charge in [0, 0.05) is 0 Å². The predicted octanol–water partition coefficient (Wildman–Crippen LogP) is 15.5. The summed E-state index contributed by atoms with van der Waals surface area (Å²) in [7, 11) is 0. The number of benzene rings is 8. The molecule has 9 rings (SSSR count). The molecule has 57 heavy (non-hydrogen) atoms. The van der Waals surface area contributed by atoms with E-state index in [1.54, 1.807) is 0 Å². The van der Waals surface area contributed by atoms with E-state index in [0.29, 0.717) is 0 Å². The summed E-state index contributed by atoms with van der Waals surface area (Å²) in [6, 6.07) is 77.3. The minimum Gasteiger partial charge on any atom is -0.0763 e. The van der Waals surface area contributed by atoms with Crippen molar-refractivity contribution in [2.45, 2.75) is 19.8 Å². The Morgan fingerprint density at radius 1 is 0.316 bits per heavy atom. The normalized spacial score (nSPS) is 12.4. The van der Waals surface area contributed by atoms with E-state index in [2.05, 4.69) is 231 Å². The number of allylic oxidation sites excluding steroid dienone is 4. The van der Waals surface area contributed by atoms with Crippen molar-refractivity contribution in [3.63, 3.8) is 0 Å². The smallest absolute Gasteiger partial charge is 0.00268 e. The summed E-state index contributed by atoms with van der Waals surface area (Å²) >= 11 is 0. The van der Waals surface area contributed by atoms with Crippen molar-refractivity contribution in [1.29, 1.82) is 0 Å². The van der Waals surface area contributed by atoms with Gasteiger partial charge in [0.25, 0.3) is 0 Å². The van der Waals surface area contributed by atoms with E-state index in [4.69, 9.17) is 0 Å². The van der Waals surface area contributed by atoms with Gasteiger partial charge in [-0.2, -0.15) is 0 Å². The summed E-state index contributed by atoms with van der Waals surface area (Å²) in [5.41, 5.74) is 20.8. The molecule has 0 aromatic heterocycles. The van der Waals surface area contributed by atoms with Crippen LogP contribution >= 0.6 is 0 Å². The van der Waals surface area contributed by atoms with Gasteiger partial charge in [-0.1, -0.05) is 194 Å². The maximum absolute atomic E-state index is 2.40. The van der Waals surface area contributed by atoms with Gasteiger partial charge in [-0.05, 0) is 145 Å². The summed E-state index contributed by atoms with van der Waals surface area (Å²) in [4.78, 5) is 0. The Morgan fingerprint density at radius 2 is 0.632 bits per heavy atom. The van der Waals surface area contributed by atoms with Crippen LogP contribution in [0.2, 0.25) is 0 Å². The van der Waals surface area contributed by atoms with Crippen molar-refractivity contribution in [1.82, 2.24) is 0 Å². The fraction of sp³-hybridized carbons (Fsp3) is 0.0526. The highest BCUT2D eigenvalue weighted by Crippen LogP contribution is 2.40. The lowest BCUT2D eigenvalue weighted by molar-refractivity contribution is 0.966. The van der Waals surface area contributed by atoms with Gasteiger partial charge < -0.3 is 0 Å². The summed E-state index contributed by atoms with van der Waals surface area (Å²) in [5, 5.41) is 0. The molecule has 0 nitrogen and oxygen atoms in total. The monoisotopic (exact) mass is 728 g/mol. The van der Waals surface area contributed by atoms with Crippen LogP contribution in [-0.2, 0) is 0 Å². The van der Waals surface area contributed by atoms with Crippen molar-refractivity contribution < 1.29 is 0 Å². The van der Waals surface area contributed by atoms with Crippen molar-refractivity contribution in [2.24, 2.45) is 0 Å². The molecular formula is C57H44. The van der Waals surface area contributed by atoms with Gasteiger partial charge in [0.1, 0.15) is 0 Å². The molecule has 0 N–H and O–H groups in total. The van der Waals surface area contributed by atoms with Crippen LogP contribution in [0.1, 0.15) is 47.6 Å². The quantitative estimate of drug-likeness (QED) is 0.130. The van der Waals surface area contributed by atoms with Crippen molar-refractivity contribution in [3.8, 4) is 44.5 Å². The third-order valence-corrected chi connectivity index (χ3v) is 11.0. The van der Waals surface area contributed by atoms with E-state index < -0.39 is 0 Å². The molecule has 0 unspecified atom stereocenters. The minimum absolute atomic E-state index is 1.06. The van der Waals surface area contributed by atoms with Gasteiger partial charge in [0.15, 0.2) is 0 Å². The second-order valence-electron chi connectivity index (χ2n) is 14.9. The molecule has 0 saturated carbocycles. The van der Waals surface area contributed by atoms with Crippen LogP contribution in [0.4, 0.5) is 0 Å². The zero-order valence-electron chi connectivity index (χ0n) is 32.3. The highest BCUT2D eigenvalue weighted by atomic mass is 14.2. The van der Waals surface area contributed by atoms with Gasteiger partial charge in [0.05, 0.1) is 0 Å². The van der Waals surface area contributed by atoms with E-state index in [9.17, 15) is 0 Å². The number of hydrogen-bond donors (Lipinski definition) is 0. The highest BCUT2D eigenvalue weighted by molar-refractivity contribution is 6.04. The Kier molecular flexibility index (Phi) is 10.2. The number of hydrogen-bond acceptors (Lipinski definition) is 0. The van der Waals surface area contributed by atoms with Crippen LogP contribution < -0.4 is 0 Å². The molecule has 0 spiro atoms. The first-order valence-corrected chi connectivity index (χ1v) is 20.0. The maximum atomic E-state index is 2.40. The molecule has 0 saturated heterocycles. The predicted molar refractivity (Wildman–Crippen MR) is 243 cm³/mol. The SMILES string of the molecule is CC1=CC(c2cc(-c3ccc(C(=C(c4ccccc4)c4ccccc4)c4ccccc4)cc3)cc(-c3cc(-c4ccccc4)cc(-c4ccccc4)c3)c2)=CCC1. The van der Waals surface area contributed by atoms with E-state index in [1.165, 1.54) is 94.6 Å². The first-order valence-electron chi connectivity index (χ1n) is 20.0. The van der Waals surface area contributed by atoms with E-state index in [-0.39, 0.29) is 0 Å². The Bertz CT molecular complexity index is 2620. The van der Waals surface area contributed by atoms with Crippen LogP contribution in [-0.4, -0.2) is 0 Å². The molecule has 1 aliphatic rings. The average Bonchev–Trinajstić information content (AvgIpc) is 3.29. The Labute approximate surface area is 337 Å². The average molecular weight is 729 g/mol. The minimum atomic E-state index is 1.06. The second kappa shape index (κ2) is 16.4. The first-order chi connectivity index (χ1) is 28.2. The van der Waals surface area contributed by atoms with Crippen molar-refractivity contribution in [3.05, 3.63) is 258 Å². The van der Waals surface area contributed by atoms with Gasteiger partial charge in [-0.3, -0.25) is 0 Å². The van der Waals surface area contributed by atoms with E-state index in [1.807, 2.05) is 0 Å². The molecular weight excluding hydrogens is 685 g/mol. The molecule has 8 aromatic carbocycles. The standard InChI is InChI=1S/C57H44/c1-41-18-17-29-49(34-41)53-36-52(39-55(40-53)54-37-50(42-19-7-2-8-20-42)35-51(38-54)43-21-9-3-10-22-43)44-30-32-48(33-31-44)57(47-27-15-6-16-28-47)56(45-23-11-4-12-24-45)46-25-13-5-14-26-46/h2-16,19-40H,17-18H2,1H3. The molecule has 1 aliphatic carbocycles. The van der Waals surface area contributed by atoms with E-state index in [0.717, 1.165) is 12.8 Å². The lowest BCUT2D eigenvalue weighted by Crippen LogP contribution is -1.97. The zero-order valence-corrected chi connectivity index (χ0v) is 32.3. The molecule has 0 aliphatic heterocycles. The van der Waals surface area contributed by atoms with Crippen molar-refractivity contribution in [2.75, 3.05) is 0 Å². The van der Waals surface area contributed by atoms with Crippen molar-refractivity contribution >= 4 is 16.7 Å². The fourth-order valence-electron chi connectivity index (χ4n) is 8.12. The molecule has 0 heterocycles. The molecule has 272 valence electrons. The Hall–Kier alpha value is -7.02. The van der Waals surface area contributed by atoms with Crippen LogP contribution in [0.15, 0.2) is 230 Å². The van der Waals surface area contributed by atoms with Gasteiger partial charge in [-0.15, -0.1) is 0 Å². The van der Waals surface area contributed by atoms with E-state index >= 15 is 0 Å². The summed E-state index contributed by atoms with van der Waals surface area (Å²) in [6.07, 6.45) is 6.95. The van der Waals surface area contributed by atoms with Crippen LogP contribution in [0.3, 0.4) is 0 Å². The van der Waals surface area contributed by atoms with Gasteiger partial charge >= 0.3 is 0 Å². The van der Waals surface area contributed by atoms with Crippen LogP contribution in [0, 0.1) is 0 Å².